The topological polar surface area (TPSA) is 57.5 Å². The summed E-state index contributed by atoms with van der Waals surface area (Å²) in [5.41, 5.74) is 0. The molecule has 0 aromatic rings. The second-order valence-electron chi connectivity index (χ2n) is 4.24. The highest BCUT2D eigenvalue weighted by Gasteiger charge is 2.17. The van der Waals surface area contributed by atoms with E-state index in [0.29, 0.717) is 5.92 Å². The second-order valence-corrected chi connectivity index (χ2v) is 4.24. The van der Waals surface area contributed by atoms with Crippen LogP contribution < -0.4 is 0 Å². The molecule has 1 unspecified atom stereocenters. The van der Waals surface area contributed by atoms with Gasteiger partial charge >= 0.3 is 5.97 Å². The Morgan fingerprint density at radius 1 is 1.21 bits per heavy atom. The van der Waals surface area contributed by atoms with E-state index in [1.807, 2.05) is 13.8 Å². The summed E-state index contributed by atoms with van der Waals surface area (Å²) in [6.45, 7) is 4.30. The van der Waals surface area contributed by atoms with Crippen molar-refractivity contribution in [2.75, 3.05) is 6.61 Å². The van der Waals surface area contributed by atoms with Crippen LogP contribution in [0.5, 0.6) is 0 Å². The molecule has 0 radical (unpaired) electrons. The molecule has 84 valence electrons. The van der Waals surface area contributed by atoms with Gasteiger partial charge in [-0.15, -0.1) is 0 Å². The Labute approximate surface area is 86.1 Å². The summed E-state index contributed by atoms with van der Waals surface area (Å²) in [7, 11) is 0. The Balaban J connectivity index is 3.68. The van der Waals surface area contributed by atoms with E-state index in [2.05, 4.69) is 0 Å². The van der Waals surface area contributed by atoms with Crippen LogP contribution in [0.1, 0.15) is 46.0 Å². The van der Waals surface area contributed by atoms with E-state index in [0.717, 1.165) is 32.1 Å². The van der Waals surface area contributed by atoms with Crippen LogP contribution >= 0.6 is 0 Å². The van der Waals surface area contributed by atoms with Gasteiger partial charge in [0.05, 0.1) is 5.92 Å². The molecule has 2 N–H and O–H groups in total. The van der Waals surface area contributed by atoms with Crippen LogP contribution in [0.4, 0.5) is 0 Å². The summed E-state index contributed by atoms with van der Waals surface area (Å²) in [6, 6.07) is 0. The number of hydrogen-bond acceptors (Lipinski definition) is 2. The summed E-state index contributed by atoms with van der Waals surface area (Å²) in [4.78, 5) is 10.8. The summed E-state index contributed by atoms with van der Waals surface area (Å²) in [6.07, 6.45) is 4.12. The van der Waals surface area contributed by atoms with Crippen molar-refractivity contribution >= 4 is 5.97 Å². The number of aliphatic hydroxyl groups excluding tert-OH is 1. The van der Waals surface area contributed by atoms with Gasteiger partial charge in [-0.25, -0.2) is 0 Å². The lowest BCUT2D eigenvalue weighted by molar-refractivity contribution is -0.142. The molecule has 1 atom stereocenters. The summed E-state index contributed by atoms with van der Waals surface area (Å²) in [5, 5.41) is 17.5. The largest absolute Gasteiger partial charge is 0.481 e. The quantitative estimate of drug-likeness (QED) is 0.594. The smallest absolute Gasteiger partial charge is 0.306 e. The Morgan fingerprint density at radius 3 is 2.29 bits per heavy atom. The molecule has 0 fully saturated rings. The van der Waals surface area contributed by atoms with E-state index in [9.17, 15) is 4.79 Å². The number of aliphatic carboxylic acids is 1. The third-order valence-corrected chi connectivity index (χ3v) is 2.32. The summed E-state index contributed by atoms with van der Waals surface area (Å²) >= 11 is 0. The molecule has 0 saturated heterocycles. The molecule has 0 aliphatic rings. The number of carboxylic acids is 1. The number of carbonyl (C=O) groups is 1. The van der Waals surface area contributed by atoms with Crippen molar-refractivity contribution in [1.82, 2.24) is 0 Å². The van der Waals surface area contributed by atoms with Crippen LogP contribution in [0.25, 0.3) is 0 Å². The number of carboxylic acid groups (broad SMARTS) is 1. The van der Waals surface area contributed by atoms with Gasteiger partial charge < -0.3 is 10.2 Å². The van der Waals surface area contributed by atoms with Crippen molar-refractivity contribution < 1.29 is 15.0 Å². The number of hydrogen-bond donors (Lipinski definition) is 2. The number of rotatable bonds is 8. The predicted octanol–water partition coefficient (Wildman–Crippen LogP) is 2.29. The fraction of sp³-hybridized carbons (Fsp3) is 0.909. The fourth-order valence-electron chi connectivity index (χ4n) is 1.59. The molecule has 0 aliphatic heterocycles. The Kier molecular flexibility index (Phi) is 7.48. The zero-order chi connectivity index (χ0) is 11.0. The van der Waals surface area contributed by atoms with Crippen LogP contribution in [0, 0.1) is 11.8 Å². The lowest BCUT2D eigenvalue weighted by Gasteiger charge is -2.13. The van der Waals surface area contributed by atoms with Gasteiger partial charge in [-0.2, -0.15) is 0 Å². The van der Waals surface area contributed by atoms with Gasteiger partial charge in [0.1, 0.15) is 0 Å². The van der Waals surface area contributed by atoms with E-state index in [1.54, 1.807) is 0 Å². The molecule has 3 nitrogen and oxygen atoms in total. The molecule has 0 amide bonds. The summed E-state index contributed by atoms with van der Waals surface area (Å²) in [5.74, 6) is -0.440. The maximum absolute atomic E-state index is 10.8. The van der Waals surface area contributed by atoms with E-state index in [1.165, 1.54) is 0 Å². The summed E-state index contributed by atoms with van der Waals surface area (Å²) < 4.78 is 0. The van der Waals surface area contributed by atoms with Crippen molar-refractivity contribution in [3.05, 3.63) is 0 Å². The van der Waals surface area contributed by atoms with Gasteiger partial charge in [0.15, 0.2) is 0 Å². The molecule has 0 heterocycles. The van der Waals surface area contributed by atoms with Crippen LogP contribution in [0.2, 0.25) is 0 Å². The number of unbranched alkanes of at least 4 members (excludes halogenated alkanes) is 2. The Morgan fingerprint density at radius 2 is 1.86 bits per heavy atom. The van der Waals surface area contributed by atoms with Crippen molar-refractivity contribution in [3.63, 3.8) is 0 Å². The van der Waals surface area contributed by atoms with Crippen LogP contribution in [0.3, 0.4) is 0 Å². The van der Waals surface area contributed by atoms with Crippen LogP contribution in [0.15, 0.2) is 0 Å². The molecule has 0 rings (SSSR count). The molecular formula is C11H22O3. The minimum Gasteiger partial charge on any atom is -0.481 e. The molecule has 3 heteroatoms. The van der Waals surface area contributed by atoms with E-state index in [4.69, 9.17) is 10.2 Å². The van der Waals surface area contributed by atoms with Crippen molar-refractivity contribution in [2.24, 2.45) is 11.8 Å². The van der Waals surface area contributed by atoms with Gasteiger partial charge in [-0.05, 0) is 25.2 Å². The minimum atomic E-state index is -0.678. The van der Waals surface area contributed by atoms with Crippen molar-refractivity contribution in [1.29, 1.82) is 0 Å². The number of aliphatic hydroxyl groups is 1. The predicted molar refractivity (Wildman–Crippen MR) is 56.1 cm³/mol. The maximum Gasteiger partial charge on any atom is 0.306 e. The van der Waals surface area contributed by atoms with Gasteiger partial charge in [0, 0.05) is 6.61 Å². The van der Waals surface area contributed by atoms with Crippen molar-refractivity contribution in [3.8, 4) is 0 Å². The molecule has 0 bridgehead atoms. The van der Waals surface area contributed by atoms with Crippen molar-refractivity contribution in [2.45, 2.75) is 46.0 Å². The first-order valence-corrected chi connectivity index (χ1v) is 5.41. The third kappa shape index (κ3) is 6.89. The first-order valence-electron chi connectivity index (χ1n) is 5.41. The average Bonchev–Trinajstić information content (AvgIpc) is 2.09. The van der Waals surface area contributed by atoms with Gasteiger partial charge in [0.2, 0.25) is 0 Å². The highest BCUT2D eigenvalue weighted by Crippen LogP contribution is 2.18. The van der Waals surface area contributed by atoms with Gasteiger partial charge in [0.25, 0.3) is 0 Å². The minimum absolute atomic E-state index is 0.200. The second kappa shape index (κ2) is 7.80. The molecular weight excluding hydrogens is 180 g/mol. The SMILES string of the molecule is CC(C)CC(CCCCCO)C(=O)O. The third-order valence-electron chi connectivity index (χ3n) is 2.32. The zero-order valence-electron chi connectivity index (χ0n) is 9.20. The van der Waals surface area contributed by atoms with Crippen LogP contribution in [-0.4, -0.2) is 22.8 Å². The Hall–Kier alpha value is -0.570. The zero-order valence-corrected chi connectivity index (χ0v) is 9.20. The molecule has 0 aromatic heterocycles. The highest BCUT2D eigenvalue weighted by atomic mass is 16.4. The first kappa shape index (κ1) is 13.4. The van der Waals surface area contributed by atoms with Gasteiger partial charge in [-0.1, -0.05) is 26.7 Å². The normalized spacial score (nSPS) is 13.1. The lowest BCUT2D eigenvalue weighted by atomic mass is 9.92. The standard InChI is InChI=1S/C11H22O3/c1-9(2)8-10(11(13)14)6-4-3-5-7-12/h9-10,12H,3-8H2,1-2H3,(H,13,14). The van der Waals surface area contributed by atoms with E-state index >= 15 is 0 Å². The monoisotopic (exact) mass is 202 g/mol. The highest BCUT2D eigenvalue weighted by molar-refractivity contribution is 5.69. The molecule has 0 spiro atoms. The van der Waals surface area contributed by atoms with Crippen LogP contribution in [-0.2, 0) is 4.79 Å². The lowest BCUT2D eigenvalue weighted by Crippen LogP contribution is -2.15. The molecule has 0 aliphatic carbocycles. The van der Waals surface area contributed by atoms with Gasteiger partial charge in [-0.3, -0.25) is 4.79 Å². The first-order chi connectivity index (χ1) is 6.57. The average molecular weight is 202 g/mol. The Bertz CT molecular complexity index is 155. The van der Waals surface area contributed by atoms with E-state index < -0.39 is 5.97 Å². The molecule has 0 aromatic carbocycles. The molecule has 14 heavy (non-hydrogen) atoms. The van der Waals surface area contributed by atoms with E-state index in [-0.39, 0.29) is 12.5 Å². The molecule has 0 saturated carbocycles. The maximum atomic E-state index is 10.8. The fourth-order valence-corrected chi connectivity index (χ4v) is 1.59.